The van der Waals surface area contributed by atoms with Crippen LogP contribution in [0.1, 0.15) is 36.2 Å². The van der Waals surface area contributed by atoms with Crippen LogP contribution in [-0.4, -0.2) is 23.0 Å². The van der Waals surface area contributed by atoms with Gasteiger partial charge in [0.15, 0.2) is 0 Å². The highest BCUT2D eigenvalue weighted by Crippen LogP contribution is 2.28. The lowest BCUT2D eigenvalue weighted by atomic mass is 9.97. The third-order valence-corrected chi connectivity index (χ3v) is 3.29. The van der Waals surface area contributed by atoms with E-state index in [0.717, 1.165) is 31.9 Å². The molecule has 0 bridgehead atoms. The van der Waals surface area contributed by atoms with Crippen LogP contribution in [0.4, 0.5) is 4.39 Å². The van der Waals surface area contributed by atoms with E-state index in [9.17, 15) is 9.18 Å². The second-order valence-electron chi connectivity index (χ2n) is 4.51. The van der Waals surface area contributed by atoms with Gasteiger partial charge in [-0.2, -0.15) is 0 Å². The number of nitrogens with one attached hydrogen (secondary N) is 1. The molecule has 0 saturated heterocycles. The number of nitrogens with two attached hydrogens (primary N) is 1. The standard InChI is InChI=1S/C12H16FN3O.ClH/c13-9-3-4-10(15-7-9)11(17)16-12(8-14)5-1-2-6-12;/h3-4,7H,1-2,5-6,8,14H2,(H,16,17);1H. The summed E-state index contributed by atoms with van der Waals surface area (Å²) in [6, 6.07) is 2.61. The molecule has 0 spiro atoms. The molecule has 2 rings (SSSR count). The van der Waals surface area contributed by atoms with Crippen LogP contribution in [0.15, 0.2) is 18.3 Å². The Bertz CT molecular complexity index is 404. The van der Waals surface area contributed by atoms with Crippen molar-refractivity contribution in [3.63, 3.8) is 0 Å². The minimum Gasteiger partial charge on any atom is -0.344 e. The zero-order valence-electron chi connectivity index (χ0n) is 9.99. The number of carbonyl (C=O) groups is 1. The topological polar surface area (TPSA) is 68.0 Å². The summed E-state index contributed by atoms with van der Waals surface area (Å²) >= 11 is 0. The lowest BCUT2D eigenvalue weighted by Crippen LogP contribution is -2.51. The van der Waals surface area contributed by atoms with Gasteiger partial charge in [-0.25, -0.2) is 9.37 Å². The Morgan fingerprint density at radius 2 is 2.11 bits per heavy atom. The molecule has 1 fully saturated rings. The Labute approximate surface area is 112 Å². The lowest BCUT2D eigenvalue weighted by molar-refractivity contribution is 0.0898. The van der Waals surface area contributed by atoms with Crippen LogP contribution in [0.25, 0.3) is 0 Å². The van der Waals surface area contributed by atoms with Crippen LogP contribution in [0.3, 0.4) is 0 Å². The van der Waals surface area contributed by atoms with Gasteiger partial charge < -0.3 is 11.1 Å². The maximum absolute atomic E-state index is 12.7. The molecular formula is C12H17ClFN3O. The summed E-state index contributed by atoms with van der Waals surface area (Å²) in [5.74, 6) is -0.728. The predicted molar refractivity (Wildman–Crippen MR) is 69.2 cm³/mol. The van der Waals surface area contributed by atoms with Gasteiger partial charge in [-0.15, -0.1) is 12.4 Å². The van der Waals surface area contributed by atoms with Crippen molar-refractivity contribution in [2.24, 2.45) is 5.73 Å². The maximum atomic E-state index is 12.7. The number of amides is 1. The summed E-state index contributed by atoms with van der Waals surface area (Å²) in [4.78, 5) is 15.7. The molecule has 1 heterocycles. The number of halogens is 2. The maximum Gasteiger partial charge on any atom is 0.270 e. The molecule has 1 amide bonds. The molecule has 0 unspecified atom stereocenters. The molecule has 0 radical (unpaired) electrons. The molecule has 100 valence electrons. The van der Waals surface area contributed by atoms with Gasteiger partial charge in [0.05, 0.1) is 11.7 Å². The second-order valence-corrected chi connectivity index (χ2v) is 4.51. The molecule has 1 saturated carbocycles. The Balaban J connectivity index is 0.00000162. The predicted octanol–water partition coefficient (Wildman–Crippen LogP) is 1.64. The largest absolute Gasteiger partial charge is 0.344 e. The number of hydrogen-bond donors (Lipinski definition) is 2. The summed E-state index contributed by atoms with van der Waals surface area (Å²) in [6.45, 7) is 0.430. The minimum absolute atomic E-state index is 0. The van der Waals surface area contributed by atoms with Gasteiger partial charge in [-0.1, -0.05) is 12.8 Å². The van der Waals surface area contributed by atoms with Crippen molar-refractivity contribution in [2.75, 3.05) is 6.54 Å². The van der Waals surface area contributed by atoms with Crippen LogP contribution in [0.2, 0.25) is 0 Å². The Morgan fingerprint density at radius 3 is 2.61 bits per heavy atom. The molecule has 3 N–H and O–H groups in total. The van der Waals surface area contributed by atoms with Crippen molar-refractivity contribution < 1.29 is 9.18 Å². The van der Waals surface area contributed by atoms with Crippen molar-refractivity contribution in [3.8, 4) is 0 Å². The Hall–Kier alpha value is -1.20. The summed E-state index contributed by atoms with van der Waals surface area (Å²) in [5, 5.41) is 2.93. The normalized spacial score (nSPS) is 17.0. The number of carbonyl (C=O) groups excluding carboxylic acids is 1. The van der Waals surface area contributed by atoms with Crippen molar-refractivity contribution in [3.05, 3.63) is 29.8 Å². The van der Waals surface area contributed by atoms with E-state index in [1.807, 2.05) is 0 Å². The van der Waals surface area contributed by atoms with Crippen molar-refractivity contribution in [1.29, 1.82) is 0 Å². The smallest absolute Gasteiger partial charge is 0.270 e. The average molecular weight is 274 g/mol. The first kappa shape index (κ1) is 14.9. The second kappa shape index (κ2) is 6.11. The van der Waals surface area contributed by atoms with Gasteiger partial charge in [0.1, 0.15) is 11.5 Å². The van der Waals surface area contributed by atoms with Gasteiger partial charge in [0.25, 0.3) is 5.91 Å². The molecule has 4 nitrogen and oxygen atoms in total. The van der Waals surface area contributed by atoms with Gasteiger partial charge >= 0.3 is 0 Å². The molecule has 0 aromatic carbocycles. The number of nitrogens with zero attached hydrogens (tertiary/aromatic N) is 1. The first-order valence-corrected chi connectivity index (χ1v) is 5.79. The fraction of sp³-hybridized carbons (Fsp3) is 0.500. The van der Waals surface area contributed by atoms with Crippen LogP contribution in [-0.2, 0) is 0 Å². The minimum atomic E-state index is -0.448. The highest BCUT2D eigenvalue weighted by molar-refractivity contribution is 5.92. The van der Waals surface area contributed by atoms with Gasteiger partial charge in [0.2, 0.25) is 0 Å². The molecule has 1 aliphatic carbocycles. The number of hydrogen-bond acceptors (Lipinski definition) is 3. The van der Waals surface area contributed by atoms with E-state index in [1.54, 1.807) is 0 Å². The third-order valence-electron chi connectivity index (χ3n) is 3.29. The van der Waals surface area contributed by atoms with Gasteiger partial charge in [-0.05, 0) is 25.0 Å². The molecule has 6 heteroatoms. The van der Waals surface area contributed by atoms with Crippen molar-refractivity contribution in [1.82, 2.24) is 10.3 Å². The molecule has 0 atom stereocenters. The summed E-state index contributed by atoms with van der Waals surface area (Å²) in [6.07, 6.45) is 4.99. The monoisotopic (exact) mass is 273 g/mol. The molecular weight excluding hydrogens is 257 g/mol. The zero-order chi connectivity index (χ0) is 12.3. The highest BCUT2D eigenvalue weighted by atomic mass is 35.5. The van der Waals surface area contributed by atoms with Crippen molar-refractivity contribution in [2.45, 2.75) is 31.2 Å². The average Bonchev–Trinajstić information content (AvgIpc) is 2.79. The third kappa shape index (κ3) is 3.17. The Kier molecular flexibility index (Phi) is 5.04. The number of rotatable bonds is 3. The van der Waals surface area contributed by atoms with E-state index in [4.69, 9.17) is 5.73 Å². The molecule has 0 aliphatic heterocycles. The van der Waals surface area contributed by atoms with E-state index in [-0.39, 0.29) is 29.5 Å². The van der Waals surface area contributed by atoms with Gasteiger partial charge in [-0.3, -0.25) is 4.79 Å². The summed E-state index contributed by atoms with van der Waals surface area (Å²) in [5.41, 5.74) is 5.65. The Morgan fingerprint density at radius 1 is 1.44 bits per heavy atom. The molecule has 1 aromatic heterocycles. The van der Waals surface area contributed by atoms with Crippen molar-refractivity contribution >= 4 is 18.3 Å². The van der Waals surface area contributed by atoms with Gasteiger partial charge in [0, 0.05) is 6.54 Å². The molecule has 1 aliphatic rings. The fourth-order valence-electron chi connectivity index (χ4n) is 2.25. The number of aromatic nitrogens is 1. The van der Waals surface area contributed by atoms with Crippen LogP contribution in [0, 0.1) is 5.82 Å². The zero-order valence-corrected chi connectivity index (χ0v) is 10.8. The molecule has 1 aromatic rings. The lowest BCUT2D eigenvalue weighted by Gasteiger charge is -2.28. The summed E-state index contributed by atoms with van der Waals surface area (Å²) < 4.78 is 12.7. The molecule has 18 heavy (non-hydrogen) atoms. The first-order valence-electron chi connectivity index (χ1n) is 5.79. The highest BCUT2D eigenvalue weighted by Gasteiger charge is 2.34. The van der Waals surface area contributed by atoms with Crippen LogP contribution < -0.4 is 11.1 Å². The summed E-state index contributed by atoms with van der Waals surface area (Å²) in [7, 11) is 0. The number of pyridine rings is 1. The van der Waals surface area contributed by atoms with E-state index >= 15 is 0 Å². The van der Waals surface area contributed by atoms with Crippen LogP contribution in [0.5, 0.6) is 0 Å². The van der Waals surface area contributed by atoms with E-state index < -0.39 is 5.82 Å². The van der Waals surface area contributed by atoms with E-state index in [1.165, 1.54) is 12.1 Å². The van der Waals surface area contributed by atoms with Crippen LogP contribution >= 0.6 is 12.4 Å². The first-order chi connectivity index (χ1) is 8.15. The van der Waals surface area contributed by atoms with E-state index in [0.29, 0.717) is 6.54 Å². The van der Waals surface area contributed by atoms with E-state index in [2.05, 4.69) is 10.3 Å². The SMILES string of the molecule is Cl.NCC1(NC(=O)c2ccc(F)cn2)CCCC1. The fourth-order valence-corrected chi connectivity index (χ4v) is 2.25. The quantitative estimate of drug-likeness (QED) is 0.880.